The SMILES string of the molecule is CC(C)n1c(S[C@H](C)C(N)=O)nc2ccccc2c1=O. The van der Waals surface area contributed by atoms with Crippen molar-refractivity contribution in [2.45, 2.75) is 37.2 Å². The fraction of sp³-hybridized carbons (Fsp3) is 0.357. The summed E-state index contributed by atoms with van der Waals surface area (Å²) in [4.78, 5) is 28.3. The second-order valence-corrected chi connectivity index (χ2v) is 6.15. The first kappa shape index (κ1) is 14.6. The summed E-state index contributed by atoms with van der Waals surface area (Å²) in [6.45, 7) is 5.53. The Hall–Kier alpha value is -1.82. The highest BCUT2D eigenvalue weighted by Gasteiger charge is 2.18. The molecule has 2 rings (SSSR count). The zero-order valence-electron chi connectivity index (χ0n) is 11.7. The summed E-state index contributed by atoms with van der Waals surface area (Å²) >= 11 is 1.21. The quantitative estimate of drug-likeness (QED) is 0.690. The van der Waals surface area contributed by atoms with Gasteiger partial charge in [0.1, 0.15) is 0 Å². The summed E-state index contributed by atoms with van der Waals surface area (Å²) in [5.74, 6) is -0.423. The highest BCUT2D eigenvalue weighted by molar-refractivity contribution is 8.00. The third-order valence-corrected chi connectivity index (χ3v) is 4.06. The molecule has 1 aromatic heterocycles. The van der Waals surface area contributed by atoms with Gasteiger partial charge in [0.05, 0.1) is 16.2 Å². The average Bonchev–Trinajstić information content (AvgIpc) is 2.38. The van der Waals surface area contributed by atoms with E-state index in [1.165, 1.54) is 11.8 Å². The summed E-state index contributed by atoms with van der Waals surface area (Å²) in [5, 5.41) is 0.667. The van der Waals surface area contributed by atoms with Crippen LogP contribution < -0.4 is 11.3 Å². The molecule has 0 aliphatic rings. The summed E-state index contributed by atoms with van der Waals surface area (Å²) in [5.41, 5.74) is 5.83. The predicted octanol–water partition coefficient (Wildman–Crippen LogP) is 1.94. The number of fused-ring (bicyclic) bond motifs is 1. The zero-order chi connectivity index (χ0) is 14.9. The number of para-hydroxylation sites is 1. The van der Waals surface area contributed by atoms with E-state index < -0.39 is 11.2 Å². The fourth-order valence-corrected chi connectivity index (χ4v) is 2.87. The maximum Gasteiger partial charge on any atom is 0.262 e. The van der Waals surface area contributed by atoms with E-state index in [0.717, 1.165) is 0 Å². The first-order valence-electron chi connectivity index (χ1n) is 6.39. The zero-order valence-corrected chi connectivity index (χ0v) is 12.5. The van der Waals surface area contributed by atoms with Gasteiger partial charge in [0.25, 0.3) is 5.56 Å². The van der Waals surface area contributed by atoms with E-state index in [1.807, 2.05) is 26.0 Å². The molecule has 1 amide bonds. The standard InChI is InChI=1S/C14H17N3O2S/c1-8(2)17-13(19)10-6-4-5-7-11(10)16-14(17)20-9(3)12(15)18/h4-9H,1-3H3,(H2,15,18)/t9-/m1/s1. The van der Waals surface area contributed by atoms with Gasteiger partial charge in [-0.25, -0.2) is 4.98 Å². The summed E-state index contributed by atoms with van der Waals surface area (Å²) < 4.78 is 1.60. The van der Waals surface area contributed by atoms with Crippen molar-refractivity contribution in [1.29, 1.82) is 0 Å². The van der Waals surface area contributed by atoms with Crippen LogP contribution in [0.25, 0.3) is 10.9 Å². The van der Waals surface area contributed by atoms with Crippen molar-refractivity contribution < 1.29 is 4.79 Å². The molecule has 0 radical (unpaired) electrons. The van der Waals surface area contributed by atoms with Crippen molar-refractivity contribution in [1.82, 2.24) is 9.55 Å². The van der Waals surface area contributed by atoms with E-state index in [-0.39, 0.29) is 11.6 Å². The lowest BCUT2D eigenvalue weighted by molar-refractivity contribution is -0.117. The first-order valence-corrected chi connectivity index (χ1v) is 7.27. The molecule has 1 atom stereocenters. The molecule has 6 heteroatoms. The number of benzene rings is 1. The van der Waals surface area contributed by atoms with Gasteiger partial charge in [-0.05, 0) is 32.9 Å². The molecule has 1 heterocycles. The van der Waals surface area contributed by atoms with Gasteiger partial charge in [0, 0.05) is 6.04 Å². The Bertz CT molecular complexity index is 709. The number of carbonyl (C=O) groups is 1. The Morgan fingerprint density at radius 2 is 1.95 bits per heavy atom. The lowest BCUT2D eigenvalue weighted by Crippen LogP contribution is -2.28. The van der Waals surface area contributed by atoms with Crippen LogP contribution in [0, 0.1) is 0 Å². The van der Waals surface area contributed by atoms with E-state index in [4.69, 9.17) is 5.73 Å². The third-order valence-electron chi connectivity index (χ3n) is 2.97. The smallest absolute Gasteiger partial charge is 0.262 e. The number of aromatic nitrogens is 2. The second kappa shape index (κ2) is 5.66. The Morgan fingerprint density at radius 3 is 2.55 bits per heavy atom. The molecule has 0 saturated heterocycles. The van der Waals surface area contributed by atoms with Crippen molar-refractivity contribution in [2.75, 3.05) is 0 Å². The molecule has 0 bridgehead atoms. The number of nitrogens with two attached hydrogens (primary N) is 1. The second-order valence-electron chi connectivity index (χ2n) is 4.84. The number of thioether (sulfide) groups is 1. The van der Waals surface area contributed by atoms with E-state index in [1.54, 1.807) is 23.6 Å². The van der Waals surface area contributed by atoms with Gasteiger partial charge in [-0.2, -0.15) is 0 Å². The minimum absolute atomic E-state index is 0.0396. The van der Waals surface area contributed by atoms with E-state index >= 15 is 0 Å². The van der Waals surface area contributed by atoms with Gasteiger partial charge < -0.3 is 5.73 Å². The lowest BCUT2D eigenvalue weighted by Gasteiger charge is -2.17. The number of amides is 1. The fourth-order valence-electron chi connectivity index (χ4n) is 1.88. The maximum atomic E-state index is 12.5. The summed E-state index contributed by atoms with van der Waals surface area (Å²) in [6.07, 6.45) is 0. The molecule has 0 aliphatic carbocycles. The summed E-state index contributed by atoms with van der Waals surface area (Å²) in [6, 6.07) is 7.16. The Morgan fingerprint density at radius 1 is 1.30 bits per heavy atom. The molecule has 0 fully saturated rings. The molecule has 0 unspecified atom stereocenters. The van der Waals surface area contributed by atoms with Crippen LogP contribution in [0.15, 0.2) is 34.2 Å². The molecule has 0 saturated carbocycles. The molecule has 2 N–H and O–H groups in total. The summed E-state index contributed by atoms with van der Waals surface area (Å²) in [7, 11) is 0. The van der Waals surface area contributed by atoms with Crippen LogP contribution in [0.4, 0.5) is 0 Å². The van der Waals surface area contributed by atoms with Crippen LogP contribution in [0.5, 0.6) is 0 Å². The van der Waals surface area contributed by atoms with Crippen molar-refractivity contribution in [3.8, 4) is 0 Å². The molecule has 106 valence electrons. The van der Waals surface area contributed by atoms with E-state index in [0.29, 0.717) is 16.1 Å². The Labute approximate surface area is 121 Å². The number of hydrogen-bond acceptors (Lipinski definition) is 4. The maximum absolute atomic E-state index is 12.5. The first-order chi connectivity index (χ1) is 9.41. The Balaban J connectivity index is 2.66. The molecular formula is C14H17N3O2S. The van der Waals surface area contributed by atoms with E-state index in [9.17, 15) is 9.59 Å². The number of rotatable bonds is 4. The predicted molar refractivity (Wildman–Crippen MR) is 80.9 cm³/mol. The largest absolute Gasteiger partial charge is 0.369 e. The van der Waals surface area contributed by atoms with Crippen LogP contribution in [0.2, 0.25) is 0 Å². The molecule has 20 heavy (non-hydrogen) atoms. The number of carbonyl (C=O) groups excluding carboxylic acids is 1. The van der Waals surface area contributed by atoms with Crippen molar-refractivity contribution >= 4 is 28.6 Å². The van der Waals surface area contributed by atoms with Crippen LogP contribution in [0.1, 0.15) is 26.8 Å². The highest BCUT2D eigenvalue weighted by Crippen LogP contribution is 2.24. The van der Waals surface area contributed by atoms with Crippen molar-refractivity contribution in [3.05, 3.63) is 34.6 Å². The van der Waals surface area contributed by atoms with Crippen LogP contribution in [-0.2, 0) is 4.79 Å². The molecular weight excluding hydrogens is 274 g/mol. The normalized spacial score (nSPS) is 12.8. The van der Waals surface area contributed by atoms with Crippen molar-refractivity contribution in [2.24, 2.45) is 5.73 Å². The van der Waals surface area contributed by atoms with Gasteiger partial charge >= 0.3 is 0 Å². The third kappa shape index (κ3) is 2.70. The average molecular weight is 291 g/mol. The molecule has 2 aromatic rings. The number of nitrogens with zero attached hydrogens (tertiary/aromatic N) is 2. The monoisotopic (exact) mass is 291 g/mol. The van der Waals surface area contributed by atoms with Crippen LogP contribution >= 0.6 is 11.8 Å². The van der Waals surface area contributed by atoms with Gasteiger partial charge in [-0.15, -0.1) is 0 Å². The Kier molecular flexibility index (Phi) is 4.13. The highest BCUT2D eigenvalue weighted by atomic mass is 32.2. The number of primary amides is 1. The topological polar surface area (TPSA) is 78.0 Å². The van der Waals surface area contributed by atoms with Gasteiger partial charge in [-0.1, -0.05) is 23.9 Å². The van der Waals surface area contributed by atoms with Gasteiger partial charge in [-0.3, -0.25) is 14.2 Å². The lowest BCUT2D eigenvalue weighted by atomic mass is 10.2. The number of hydrogen-bond donors (Lipinski definition) is 1. The van der Waals surface area contributed by atoms with Crippen LogP contribution in [0.3, 0.4) is 0 Å². The van der Waals surface area contributed by atoms with Crippen molar-refractivity contribution in [3.63, 3.8) is 0 Å². The minimum atomic E-state index is -0.437. The van der Waals surface area contributed by atoms with E-state index in [2.05, 4.69) is 4.98 Å². The van der Waals surface area contributed by atoms with Crippen LogP contribution in [-0.4, -0.2) is 20.7 Å². The van der Waals surface area contributed by atoms with Gasteiger partial charge in [0.15, 0.2) is 5.16 Å². The molecule has 0 aliphatic heterocycles. The molecule has 0 spiro atoms. The molecule has 5 nitrogen and oxygen atoms in total. The molecule has 1 aromatic carbocycles. The minimum Gasteiger partial charge on any atom is -0.369 e. The van der Waals surface area contributed by atoms with Gasteiger partial charge in [0.2, 0.25) is 5.91 Å².